The summed E-state index contributed by atoms with van der Waals surface area (Å²) in [5.74, 6) is 0.544. The molecule has 0 aromatic heterocycles. The van der Waals surface area contributed by atoms with E-state index in [1.807, 2.05) is 6.92 Å². The van der Waals surface area contributed by atoms with Crippen LogP contribution in [0.4, 0.5) is 0 Å². The van der Waals surface area contributed by atoms with Crippen molar-refractivity contribution in [1.29, 1.82) is 0 Å². The molecule has 0 radical (unpaired) electrons. The van der Waals surface area contributed by atoms with E-state index < -0.39 is 0 Å². The van der Waals surface area contributed by atoms with Gasteiger partial charge in [0.2, 0.25) is 0 Å². The maximum absolute atomic E-state index is 12.1. The van der Waals surface area contributed by atoms with Gasteiger partial charge in [-0.2, -0.15) is 0 Å². The van der Waals surface area contributed by atoms with Crippen LogP contribution in [0.1, 0.15) is 30.9 Å². The fourth-order valence-electron chi connectivity index (χ4n) is 3.53. The molecule has 0 spiro atoms. The number of ketones is 1. The first kappa shape index (κ1) is 11.0. The smallest absolute Gasteiger partial charge is 0.162 e. The second kappa shape index (κ2) is 3.80. The molecule has 0 aliphatic heterocycles. The van der Waals surface area contributed by atoms with Gasteiger partial charge in [0.1, 0.15) is 0 Å². The van der Waals surface area contributed by atoms with Crippen LogP contribution in [-0.2, 0) is 11.2 Å². The third-order valence-electron chi connectivity index (χ3n) is 4.57. The summed E-state index contributed by atoms with van der Waals surface area (Å²) in [5.41, 5.74) is 7.81. The van der Waals surface area contributed by atoms with E-state index in [1.165, 1.54) is 27.8 Å². The molecular formula is C18H16O. The maximum Gasteiger partial charge on any atom is 0.162 e. The number of carbonyl (C=O) groups excluding carboxylic acids is 1. The second-order valence-electron chi connectivity index (χ2n) is 5.80. The number of fused-ring (bicyclic) bond motifs is 3. The first-order chi connectivity index (χ1) is 9.24. The molecule has 0 bridgehead atoms. The van der Waals surface area contributed by atoms with Gasteiger partial charge in [0.25, 0.3) is 0 Å². The molecule has 1 nitrogen and oxygen atoms in total. The Morgan fingerprint density at radius 3 is 2.95 bits per heavy atom. The summed E-state index contributed by atoms with van der Waals surface area (Å²) >= 11 is 0. The van der Waals surface area contributed by atoms with Gasteiger partial charge >= 0.3 is 0 Å². The first-order valence-electron chi connectivity index (χ1n) is 6.99. The lowest BCUT2D eigenvalue weighted by molar-refractivity contribution is -0.117. The Morgan fingerprint density at radius 1 is 1.21 bits per heavy atom. The van der Waals surface area contributed by atoms with E-state index in [-0.39, 0.29) is 5.92 Å². The average molecular weight is 248 g/mol. The zero-order chi connectivity index (χ0) is 13.0. The van der Waals surface area contributed by atoms with E-state index >= 15 is 0 Å². The molecule has 1 heteroatoms. The number of rotatable bonds is 0. The van der Waals surface area contributed by atoms with Crippen molar-refractivity contribution in [2.45, 2.75) is 26.2 Å². The number of allylic oxidation sites excluding steroid dienone is 6. The van der Waals surface area contributed by atoms with Crippen LogP contribution in [-0.4, -0.2) is 5.78 Å². The molecule has 94 valence electrons. The number of benzene rings is 1. The van der Waals surface area contributed by atoms with E-state index in [4.69, 9.17) is 0 Å². The molecule has 19 heavy (non-hydrogen) atoms. The van der Waals surface area contributed by atoms with Crippen molar-refractivity contribution < 1.29 is 4.79 Å². The summed E-state index contributed by atoms with van der Waals surface area (Å²) in [4.78, 5) is 12.1. The quantitative estimate of drug-likeness (QED) is 0.681. The molecule has 1 atom stereocenters. The molecule has 1 aromatic rings. The van der Waals surface area contributed by atoms with Crippen molar-refractivity contribution in [2.75, 3.05) is 0 Å². The largest absolute Gasteiger partial charge is 0.294 e. The third-order valence-corrected chi connectivity index (χ3v) is 4.57. The molecule has 0 saturated carbocycles. The Morgan fingerprint density at radius 2 is 2.05 bits per heavy atom. The van der Waals surface area contributed by atoms with Crippen LogP contribution in [0.5, 0.6) is 0 Å². The molecule has 0 amide bonds. The third kappa shape index (κ3) is 1.51. The number of carbonyl (C=O) groups is 1. The molecule has 3 aliphatic rings. The first-order valence-corrected chi connectivity index (χ1v) is 6.99. The molecular weight excluding hydrogens is 232 g/mol. The minimum atomic E-state index is 0.179. The van der Waals surface area contributed by atoms with Crippen molar-refractivity contribution in [2.24, 2.45) is 5.92 Å². The monoisotopic (exact) mass is 248 g/mol. The molecule has 0 heterocycles. The lowest BCUT2D eigenvalue weighted by Gasteiger charge is -2.24. The van der Waals surface area contributed by atoms with Crippen LogP contribution in [0.2, 0.25) is 0 Å². The Hall–Kier alpha value is -1.89. The van der Waals surface area contributed by atoms with Gasteiger partial charge in [-0.3, -0.25) is 4.79 Å². The molecule has 0 fully saturated rings. The summed E-state index contributed by atoms with van der Waals surface area (Å²) < 4.78 is 0. The summed E-state index contributed by atoms with van der Waals surface area (Å²) in [6, 6.07) is 8.62. The van der Waals surface area contributed by atoms with Gasteiger partial charge in [0, 0.05) is 17.9 Å². The van der Waals surface area contributed by atoms with Crippen LogP contribution in [0.15, 0.2) is 53.1 Å². The van der Waals surface area contributed by atoms with Crippen LogP contribution in [0.3, 0.4) is 0 Å². The Kier molecular flexibility index (Phi) is 2.20. The van der Waals surface area contributed by atoms with Crippen molar-refractivity contribution in [1.82, 2.24) is 0 Å². The lowest BCUT2D eigenvalue weighted by atomic mass is 9.79. The predicted molar refractivity (Wildman–Crippen MR) is 76.6 cm³/mol. The lowest BCUT2D eigenvalue weighted by Crippen LogP contribution is -2.10. The van der Waals surface area contributed by atoms with Crippen molar-refractivity contribution in [3.05, 3.63) is 64.3 Å². The summed E-state index contributed by atoms with van der Waals surface area (Å²) in [5, 5.41) is 0. The second-order valence-corrected chi connectivity index (χ2v) is 5.80. The molecule has 3 aliphatic carbocycles. The molecule has 0 N–H and O–H groups in total. The van der Waals surface area contributed by atoms with Crippen molar-refractivity contribution >= 4 is 11.4 Å². The number of hydrogen-bond acceptors (Lipinski definition) is 1. The number of Topliss-reactive ketones (excluding diaryl/α,β-unsaturated/α-hetero) is 1. The standard InChI is InChI=1S/C18H16O/c1-11-8-14-10-16-13(9-17(14)18(11)19)7-6-12-4-2-3-5-15(12)16/h2-5,7,10-11H,6,8-9H2,1H3. The highest BCUT2D eigenvalue weighted by Crippen LogP contribution is 2.44. The average Bonchev–Trinajstić information content (AvgIpc) is 2.72. The van der Waals surface area contributed by atoms with Crippen molar-refractivity contribution in [3.8, 4) is 0 Å². The van der Waals surface area contributed by atoms with Gasteiger partial charge in [-0.05, 0) is 40.7 Å². The zero-order valence-corrected chi connectivity index (χ0v) is 11.1. The predicted octanol–water partition coefficient (Wildman–Crippen LogP) is 3.86. The Bertz CT molecular complexity index is 685. The van der Waals surface area contributed by atoms with Crippen LogP contribution in [0.25, 0.3) is 5.57 Å². The summed E-state index contributed by atoms with van der Waals surface area (Å²) in [6.07, 6.45) is 7.33. The van der Waals surface area contributed by atoms with E-state index in [2.05, 4.69) is 36.4 Å². The minimum absolute atomic E-state index is 0.179. The van der Waals surface area contributed by atoms with Gasteiger partial charge in [-0.1, -0.05) is 43.3 Å². The van der Waals surface area contributed by atoms with Gasteiger partial charge in [-0.25, -0.2) is 0 Å². The minimum Gasteiger partial charge on any atom is -0.294 e. The van der Waals surface area contributed by atoms with Crippen molar-refractivity contribution in [3.63, 3.8) is 0 Å². The Labute approximate surface area is 113 Å². The van der Waals surface area contributed by atoms with Gasteiger partial charge in [-0.15, -0.1) is 0 Å². The van der Waals surface area contributed by atoms with Gasteiger partial charge in [0.15, 0.2) is 5.78 Å². The Balaban J connectivity index is 1.88. The van der Waals surface area contributed by atoms with E-state index in [0.717, 1.165) is 24.8 Å². The summed E-state index contributed by atoms with van der Waals surface area (Å²) in [7, 11) is 0. The highest BCUT2D eigenvalue weighted by Gasteiger charge is 2.33. The topological polar surface area (TPSA) is 17.1 Å². The number of hydrogen-bond donors (Lipinski definition) is 0. The fourth-order valence-corrected chi connectivity index (χ4v) is 3.53. The van der Waals surface area contributed by atoms with Gasteiger partial charge in [0.05, 0.1) is 0 Å². The van der Waals surface area contributed by atoms with E-state index in [0.29, 0.717) is 5.78 Å². The zero-order valence-electron chi connectivity index (χ0n) is 11.1. The van der Waals surface area contributed by atoms with Crippen LogP contribution < -0.4 is 0 Å². The molecule has 0 saturated heterocycles. The molecule has 4 rings (SSSR count). The van der Waals surface area contributed by atoms with Gasteiger partial charge < -0.3 is 0 Å². The molecule has 1 unspecified atom stereocenters. The highest BCUT2D eigenvalue weighted by molar-refractivity contribution is 6.04. The normalized spacial score (nSPS) is 24.5. The van der Waals surface area contributed by atoms with Crippen LogP contribution >= 0.6 is 0 Å². The highest BCUT2D eigenvalue weighted by atomic mass is 16.1. The van der Waals surface area contributed by atoms with E-state index in [9.17, 15) is 4.79 Å². The summed E-state index contributed by atoms with van der Waals surface area (Å²) in [6.45, 7) is 2.05. The fraction of sp³-hybridized carbons (Fsp3) is 0.278. The maximum atomic E-state index is 12.1. The SMILES string of the molecule is CC1CC2=C(CC3=CCc4ccccc4C3=C2)C1=O. The molecule has 1 aromatic carbocycles. The van der Waals surface area contributed by atoms with E-state index in [1.54, 1.807) is 0 Å². The van der Waals surface area contributed by atoms with Crippen LogP contribution in [0, 0.1) is 5.92 Å².